The summed E-state index contributed by atoms with van der Waals surface area (Å²) in [6.45, 7) is 1.83. The summed E-state index contributed by atoms with van der Waals surface area (Å²) in [7, 11) is 0. The van der Waals surface area contributed by atoms with Gasteiger partial charge in [-0.05, 0) is 12.5 Å². The van der Waals surface area contributed by atoms with Crippen molar-refractivity contribution in [2.75, 3.05) is 0 Å². The van der Waals surface area contributed by atoms with E-state index in [0.29, 0.717) is 17.0 Å². The van der Waals surface area contributed by atoms with Crippen molar-refractivity contribution in [1.29, 1.82) is 0 Å². The van der Waals surface area contributed by atoms with E-state index in [-0.39, 0.29) is 12.1 Å². The maximum absolute atomic E-state index is 10.7. The first-order valence-corrected chi connectivity index (χ1v) is 5.03. The standard InChI is InChI=1S/C10H12ClNO3/c1-2-9(13)5-7-3-4-8(11)6-10(7)12(14)15/h3-4,6,9,13H,2,5H2,1H3. The van der Waals surface area contributed by atoms with E-state index in [1.807, 2.05) is 6.92 Å². The number of hydrogen-bond acceptors (Lipinski definition) is 3. The molecular formula is C10H12ClNO3. The Balaban J connectivity index is 3.01. The van der Waals surface area contributed by atoms with E-state index in [9.17, 15) is 15.2 Å². The van der Waals surface area contributed by atoms with Gasteiger partial charge >= 0.3 is 0 Å². The van der Waals surface area contributed by atoms with Gasteiger partial charge in [-0.1, -0.05) is 24.6 Å². The average Bonchev–Trinajstić information content (AvgIpc) is 2.20. The zero-order valence-corrected chi connectivity index (χ0v) is 9.07. The molecule has 0 spiro atoms. The van der Waals surface area contributed by atoms with Gasteiger partial charge in [-0.25, -0.2) is 0 Å². The van der Waals surface area contributed by atoms with Crippen LogP contribution in [0.2, 0.25) is 5.02 Å². The van der Waals surface area contributed by atoms with E-state index in [2.05, 4.69) is 0 Å². The first-order valence-electron chi connectivity index (χ1n) is 4.65. The molecule has 1 rings (SSSR count). The second-order valence-electron chi connectivity index (χ2n) is 3.30. The third-order valence-corrected chi connectivity index (χ3v) is 2.41. The molecule has 15 heavy (non-hydrogen) atoms. The Morgan fingerprint density at radius 3 is 2.80 bits per heavy atom. The summed E-state index contributed by atoms with van der Waals surface area (Å²) in [5.41, 5.74) is 0.480. The molecule has 0 saturated heterocycles. The minimum Gasteiger partial charge on any atom is -0.393 e. The predicted octanol–water partition coefficient (Wildman–Crippen LogP) is 2.56. The Labute approximate surface area is 92.6 Å². The molecule has 5 heteroatoms. The molecule has 0 fully saturated rings. The number of benzene rings is 1. The summed E-state index contributed by atoms with van der Waals surface area (Å²) >= 11 is 5.66. The fraction of sp³-hybridized carbons (Fsp3) is 0.400. The number of rotatable bonds is 4. The molecule has 0 heterocycles. The van der Waals surface area contributed by atoms with Gasteiger partial charge in [0.15, 0.2) is 0 Å². The van der Waals surface area contributed by atoms with Crippen molar-refractivity contribution in [2.24, 2.45) is 0 Å². The van der Waals surface area contributed by atoms with Crippen LogP contribution in [0.4, 0.5) is 5.69 Å². The number of hydrogen-bond donors (Lipinski definition) is 1. The molecule has 1 N–H and O–H groups in total. The summed E-state index contributed by atoms with van der Waals surface area (Å²) in [6.07, 6.45) is 0.300. The van der Waals surface area contributed by atoms with E-state index in [0.717, 1.165) is 0 Å². The van der Waals surface area contributed by atoms with Crippen molar-refractivity contribution in [2.45, 2.75) is 25.9 Å². The number of nitro groups is 1. The third kappa shape index (κ3) is 3.18. The van der Waals surface area contributed by atoms with Gasteiger partial charge < -0.3 is 5.11 Å². The van der Waals surface area contributed by atoms with E-state index < -0.39 is 11.0 Å². The summed E-state index contributed by atoms with van der Waals surface area (Å²) in [5, 5.41) is 20.5. The second-order valence-corrected chi connectivity index (χ2v) is 3.73. The van der Waals surface area contributed by atoms with Crippen molar-refractivity contribution in [3.63, 3.8) is 0 Å². The highest BCUT2D eigenvalue weighted by Crippen LogP contribution is 2.24. The molecule has 1 unspecified atom stereocenters. The van der Waals surface area contributed by atoms with Gasteiger partial charge in [-0.15, -0.1) is 0 Å². The first-order chi connectivity index (χ1) is 7.04. The monoisotopic (exact) mass is 229 g/mol. The van der Waals surface area contributed by atoms with Crippen LogP contribution in [-0.2, 0) is 6.42 Å². The minimum absolute atomic E-state index is 0.0324. The fourth-order valence-electron chi connectivity index (χ4n) is 1.28. The van der Waals surface area contributed by atoms with Crippen LogP contribution in [0.5, 0.6) is 0 Å². The molecule has 1 aromatic rings. The predicted molar refractivity (Wildman–Crippen MR) is 58.1 cm³/mol. The van der Waals surface area contributed by atoms with Crippen LogP contribution in [0, 0.1) is 10.1 Å². The lowest BCUT2D eigenvalue weighted by Crippen LogP contribution is -2.10. The lowest BCUT2D eigenvalue weighted by atomic mass is 10.0. The summed E-state index contributed by atoms with van der Waals surface area (Å²) < 4.78 is 0. The number of halogens is 1. The Kier molecular flexibility index (Phi) is 4.05. The largest absolute Gasteiger partial charge is 0.393 e. The maximum Gasteiger partial charge on any atom is 0.274 e. The Morgan fingerprint density at radius 1 is 1.60 bits per heavy atom. The highest BCUT2D eigenvalue weighted by atomic mass is 35.5. The zero-order chi connectivity index (χ0) is 11.4. The number of nitrogens with zero attached hydrogens (tertiary/aromatic N) is 1. The van der Waals surface area contributed by atoms with Gasteiger partial charge in [0.05, 0.1) is 11.0 Å². The van der Waals surface area contributed by atoms with Crippen LogP contribution in [0.1, 0.15) is 18.9 Å². The molecule has 0 radical (unpaired) electrons. The fourth-order valence-corrected chi connectivity index (χ4v) is 1.44. The normalized spacial score (nSPS) is 12.5. The van der Waals surface area contributed by atoms with Crippen LogP contribution in [0.15, 0.2) is 18.2 Å². The van der Waals surface area contributed by atoms with E-state index in [4.69, 9.17) is 11.6 Å². The smallest absolute Gasteiger partial charge is 0.274 e. The van der Waals surface area contributed by atoms with Gasteiger partial charge in [-0.3, -0.25) is 10.1 Å². The lowest BCUT2D eigenvalue weighted by Gasteiger charge is -2.07. The van der Waals surface area contributed by atoms with Crippen molar-refractivity contribution in [3.05, 3.63) is 38.9 Å². The van der Waals surface area contributed by atoms with Crippen molar-refractivity contribution in [1.82, 2.24) is 0 Å². The van der Waals surface area contributed by atoms with E-state index in [1.165, 1.54) is 6.07 Å². The van der Waals surface area contributed by atoms with Gasteiger partial charge in [0.1, 0.15) is 0 Å². The zero-order valence-electron chi connectivity index (χ0n) is 8.31. The Hall–Kier alpha value is -1.13. The molecule has 4 nitrogen and oxygen atoms in total. The molecule has 0 saturated carbocycles. The number of aliphatic hydroxyl groups excluding tert-OH is 1. The summed E-state index contributed by atoms with van der Waals surface area (Å²) in [5.74, 6) is 0. The molecular weight excluding hydrogens is 218 g/mol. The Bertz CT molecular complexity index is 368. The topological polar surface area (TPSA) is 63.4 Å². The van der Waals surface area contributed by atoms with Crippen LogP contribution in [0.3, 0.4) is 0 Å². The molecule has 0 aliphatic carbocycles. The second kappa shape index (κ2) is 5.09. The van der Waals surface area contributed by atoms with Crippen molar-refractivity contribution in [3.8, 4) is 0 Å². The van der Waals surface area contributed by atoms with Gasteiger partial charge in [0.25, 0.3) is 5.69 Å². The molecule has 0 aromatic heterocycles. The van der Waals surface area contributed by atoms with Crippen LogP contribution in [0.25, 0.3) is 0 Å². The third-order valence-electron chi connectivity index (χ3n) is 2.17. The summed E-state index contributed by atoms with van der Waals surface area (Å²) in [6, 6.07) is 4.48. The lowest BCUT2D eigenvalue weighted by molar-refractivity contribution is -0.385. The first kappa shape index (κ1) is 11.9. The highest BCUT2D eigenvalue weighted by molar-refractivity contribution is 6.30. The highest BCUT2D eigenvalue weighted by Gasteiger charge is 2.16. The maximum atomic E-state index is 10.7. The average molecular weight is 230 g/mol. The van der Waals surface area contributed by atoms with Crippen molar-refractivity contribution >= 4 is 17.3 Å². The SMILES string of the molecule is CCC(O)Cc1ccc(Cl)cc1[N+](=O)[O-]. The van der Waals surface area contributed by atoms with E-state index >= 15 is 0 Å². The van der Waals surface area contributed by atoms with Crippen LogP contribution >= 0.6 is 11.6 Å². The van der Waals surface area contributed by atoms with Crippen LogP contribution < -0.4 is 0 Å². The molecule has 0 bridgehead atoms. The molecule has 0 aliphatic rings. The van der Waals surface area contributed by atoms with Crippen LogP contribution in [-0.4, -0.2) is 16.1 Å². The molecule has 1 atom stereocenters. The van der Waals surface area contributed by atoms with E-state index in [1.54, 1.807) is 12.1 Å². The molecule has 0 aliphatic heterocycles. The van der Waals surface area contributed by atoms with Gasteiger partial charge in [0, 0.05) is 23.1 Å². The minimum atomic E-state index is -0.551. The molecule has 0 amide bonds. The Morgan fingerprint density at radius 2 is 2.27 bits per heavy atom. The van der Waals surface area contributed by atoms with Crippen molar-refractivity contribution < 1.29 is 10.0 Å². The number of nitro benzene ring substituents is 1. The van der Waals surface area contributed by atoms with Gasteiger partial charge in [0.2, 0.25) is 0 Å². The molecule has 82 valence electrons. The number of aliphatic hydroxyl groups is 1. The molecule has 1 aromatic carbocycles. The quantitative estimate of drug-likeness (QED) is 0.638. The summed E-state index contributed by atoms with van der Waals surface area (Å²) in [4.78, 5) is 10.2. The van der Waals surface area contributed by atoms with Gasteiger partial charge in [-0.2, -0.15) is 0 Å².